The van der Waals surface area contributed by atoms with Gasteiger partial charge in [-0.2, -0.15) is 0 Å². The first-order chi connectivity index (χ1) is 9.69. The van der Waals surface area contributed by atoms with Crippen LogP contribution in [0.1, 0.15) is 20.3 Å². The van der Waals surface area contributed by atoms with Gasteiger partial charge < -0.3 is 10.2 Å². The molecule has 3 nitrogen and oxygen atoms in total. The van der Waals surface area contributed by atoms with Crippen molar-refractivity contribution < 1.29 is 0 Å². The summed E-state index contributed by atoms with van der Waals surface area (Å²) in [6, 6.07) is 8.79. The Morgan fingerprint density at radius 3 is 2.65 bits per heavy atom. The lowest BCUT2D eigenvalue weighted by Crippen LogP contribution is -2.47. The molecule has 1 aliphatic rings. The van der Waals surface area contributed by atoms with Crippen molar-refractivity contribution in [3.63, 3.8) is 0 Å². The highest BCUT2D eigenvalue weighted by atomic mass is 35.5. The van der Waals surface area contributed by atoms with Gasteiger partial charge in [-0.05, 0) is 44.6 Å². The van der Waals surface area contributed by atoms with E-state index in [1.807, 2.05) is 12.1 Å². The van der Waals surface area contributed by atoms with Gasteiger partial charge in [0.1, 0.15) is 0 Å². The summed E-state index contributed by atoms with van der Waals surface area (Å²) < 4.78 is 0. The molecule has 1 unspecified atom stereocenters. The second-order valence-corrected chi connectivity index (χ2v) is 5.99. The normalized spacial score (nSPS) is 18.2. The molecule has 0 amide bonds. The SMILES string of the molecule is CCNC(C)CCN1CCN(c2cccc(Cl)c2)CC1. The maximum Gasteiger partial charge on any atom is 0.0426 e. The van der Waals surface area contributed by atoms with Gasteiger partial charge in [-0.15, -0.1) is 0 Å². The summed E-state index contributed by atoms with van der Waals surface area (Å²) in [5, 5.41) is 4.30. The molecule has 0 radical (unpaired) electrons. The van der Waals surface area contributed by atoms with E-state index in [9.17, 15) is 0 Å². The van der Waals surface area contributed by atoms with Gasteiger partial charge in [-0.1, -0.05) is 24.6 Å². The van der Waals surface area contributed by atoms with Crippen LogP contribution in [-0.2, 0) is 0 Å². The van der Waals surface area contributed by atoms with Gasteiger partial charge in [-0.3, -0.25) is 4.90 Å². The molecule has 0 aromatic heterocycles. The van der Waals surface area contributed by atoms with Crippen LogP contribution in [0.3, 0.4) is 0 Å². The maximum atomic E-state index is 6.06. The zero-order valence-electron chi connectivity index (χ0n) is 12.6. The van der Waals surface area contributed by atoms with E-state index in [0.717, 1.165) is 37.7 Å². The molecule has 1 aliphatic heterocycles. The van der Waals surface area contributed by atoms with Crippen LogP contribution in [-0.4, -0.2) is 50.2 Å². The number of nitrogens with zero attached hydrogens (tertiary/aromatic N) is 2. The molecule has 1 aromatic carbocycles. The molecule has 0 saturated carbocycles. The molecular formula is C16H26ClN3. The van der Waals surface area contributed by atoms with Crippen LogP contribution in [0.2, 0.25) is 5.02 Å². The Hall–Kier alpha value is -0.770. The third kappa shape index (κ3) is 4.65. The van der Waals surface area contributed by atoms with Crippen molar-refractivity contribution in [2.75, 3.05) is 44.2 Å². The number of rotatable bonds is 6. The first-order valence-corrected chi connectivity index (χ1v) is 8.03. The van der Waals surface area contributed by atoms with Gasteiger partial charge in [0.2, 0.25) is 0 Å². The molecule has 0 bridgehead atoms. The van der Waals surface area contributed by atoms with E-state index < -0.39 is 0 Å². The fourth-order valence-corrected chi connectivity index (χ4v) is 2.91. The minimum atomic E-state index is 0.617. The summed E-state index contributed by atoms with van der Waals surface area (Å²) >= 11 is 6.06. The molecule has 1 saturated heterocycles. The molecule has 1 atom stereocenters. The van der Waals surface area contributed by atoms with E-state index in [0.29, 0.717) is 6.04 Å². The fraction of sp³-hybridized carbons (Fsp3) is 0.625. The quantitative estimate of drug-likeness (QED) is 0.871. The molecule has 1 N–H and O–H groups in total. The second-order valence-electron chi connectivity index (χ2n) is 5.56. The Bertz CT molecular complexity index is 402. The van der Waals surface area contributed by atoms with Crippen LogP contribution >= 0.6 is 11.6 Å². The van der Waals surface area contributed by atoms with E-state index in [1.54, 1.807) is 0 Å². The van der Waals surface area contributed by atoms with Crippen molar-refractivity contribution in [2.45, 2.75) is 26.3 Å². The smallest absolute Gasteiger partial charge is 0.0426 e. The van der Waals surface area contributed by atoms with Gasteiger partial charge in [0, 0.05) is 42.9 Å². The Kier molecular flexibility index (Phi) is 6.14. The number of benzene rings is 1. The number of anilines is 1. The highest BCUT2D eigenvalue weighted by Crippen LogP contribution is 2.20. The monoisotopic (exact) mass is 295 g/mol. The molecule has 1 aromatic rings. The largest absolute Gasteiger partial charge is 0.369 e. The molecule has 1 fully saturated rings. The lowest BCUT2D eigenvalue weighted by Gasteiger charge is -2.36. The van der Waals surface area contributed by atoms with E-state index in [4.69, 9.17) is 11.6 Å². The zero-order chi connectivity index (χ0) is 14.4. The van der Waals surface area contributed by atoms with Crippen molar-refractivity contribution in [3.05, 3.63) is 29.3 Å². The average molecular weight is 296 g/mol. The molecular weight excluding hydrogens is 270 g/mol. The highest BCUT2D eigenvalue weighted by Gasteiger charge is 2.17. The summed E-state index contributed by atoms with van der Waals surface area (Å²) in [7, 11) is 0. The van der Waals surface area contributed by atoms with E-state index >= 15 is 0 Å². The first-order valence-electron chi connectivity index (χ1n) is 7.65. The number of nitrogens with one attached hydrogen (secondary N) is 1. The van der Waals surface area contributed by atoms with Crippen molar-refractivity contribution in [1.82, 2.24) is 10.2 Å². The Labute approximate surface area is 127 Å². The minimum absolute atomic E-state index is 0.617. The minimum Gasteiger partial charge on any atom is -0.369 e. The number of piperazine rings is 1. The number of hydrogen-bond donors (Lipinski definition) is 1. The topological polar surface area (TPSA) is 18.5 Å². The first kappa shape index (κ1) is 15.6. The summed E-state index contributed by atoms with van der Waals surface area (Å²) in [6.45, 7) is 11.2. The van der Waals surface area contributed by atoms with Gasteiger partial charge >= 0.3 is 0 Å². The van der Waals surface area contributed by atoms with E-state index in [2.05, 4.69) is 41.1 Å². The molecule has 0 aliphatic carbocycles. The summed E-state index contributed by atoms with van der Waals surface area (Å²) in [5.74, 6) is 0. The Morgan fingerprint density at radius 1 is 1.25 bits per heavy atom. The van der Waals surface area contributed by atoms with Crippen LogP contribution in [0, 0.1) is 0 Å². The van der Waals surface area contributed by atoms with Crippen LogP contribution in [0.5, 0.6) is 0 Å². The van der Waals surface area contributed by atoms with Gasteiger partial charge in [0.15, 0.2) is 0 Å². The maximum absolute atomic E-state index is 6.06. The zero-order valence-corrected chi connectivity index (χ0v) is 13.4. The predicted octanol–water partition coefficient (Wildman–Crippen LogP) is 2.85. The molecule has 0 spiro atoms. The van der Waals surface area contributed by atoms with Crippen molar-refractivity contribution in [2.24, 2.45) is 0 Å². The van der Waals surface area contributed by atoms with Crippen LogP contribution < -0.4 is 10.2 Å². The third-order valence-electron chi connectivity index (χ3n) is 3.98. The van der Waals surface area contributed by atoms with Crippen molar-refractivity contribution >= 4 is 17.3 Å². The van der Waals surface area contributed by atoms with Gasteiger partial charge in [0.25, 0.3) is 0 Å². The standard InChI is InChI=1S/C16H26ClN3/c1-3-18-14(2)7-8-19-9-11-20(12-10-19)16-6-4-5-15(17)13-16/h4-6,13-14,18H,3,7-12H2,1-2H3. The molecule has 4 heteroatoms. The summed E-state index contributed by atoms with van der Waals surface area (Å²) in [6.07, 6.45) is 1.23. The van der Waals surface area contributed by atoms with Crippen LogP contribution in [0.15, 0.2) is 24.3 Å². The number of halogens is 1. The highest BCUT2D eigenvalue weighted by molar-refractivity contribution is 6.30. The fourth-order valence-electron chi connectivity index (χ4n) is 2.73. The van der Waals surface area contributed by atoms with Crippen LogP contribution in [0.25, 0.3) is 0 Å². The number of hydrogen-bond acceptors (Lipinski definition) is 3. The predicted molar refractivity (Wildman–Crippen MR) is 87.9 cm³/mol. The average Bonchev–Trinajstić information content (AvgIpc) is 2.46. The molecule has 20 heavy (non-hydrogen) atoms. The molecule has 2 rings (SSSR count). The van der Waals surface area contributed by atoms with Gasteiger partial charge in [-0.25, -0.2) is 0 Å². The molecule has 1 heterocycles. The summed E-state index contributed by atoms with van der Waals surface area (Å²) in [4.78, 5) is 4.99. The Morgan fingerprint density at radius 2 is 2.00 bits per heavy atom. The van der Waals surface area contributed by atoms with Gasteiger partial charge in [0.05, 0.1) is 0 Å². The molecule has 112 valence electrons. The van der Waals surface area contributed by atoms with Crippen LogP contribution in [0.4, 0.5) is 5.69 Å². The lowest BCUT2D eigenvalue weighted by molar-refractivity contribution is 0.245. The lowest BCUT2D eigenvalue weighted by atomic mass is 10.2. The van der Waals surface area contributed by atoms with E-state index in [-0.39, 0.29) is 0 Å². The van der Waals surface area contributed by atoms with E-state index in [1.165, 1.54) is 18.7 Å². The van der Waals surface area contributed by atoms with Crippen molar-refractivity contribution in [1.29, 1.82) is 0 Å². The third-order valence-corrected chi connectivity index (χ3v) is 4.21. The summed E-state index contributed by atoms with van der Waals surface area (Å²) in [5.41, 5.74) is 1.25. The van der Waals surface area contributed by atoms with Crippen molar-refractivity contribution in [3.8, 4) is 0 Å². The Balaban J connectivity index is 1.75. The second kappa shape index (κ2) is 7.87.